The number of hydrogen-bond donors (Lipinski definition) is 0. The van der Waals surface area contributed by atoms with Gasteiger partial charge in [-0.15, -0.1) is 0 Å². The lowest BCUT2D eigenvalue weighted by atomic mass is 10.2. The van der Waals surface area contributed by atoms with E-state index in [2.05, 4.69) is 6.58 Å². The van der Waals surface area contributed by atoms with E-state index in [0.29, 0.717) is 5.69 Å². The Morgan fingerprint density at radius 2 is 1.58 bits per heavy atom. The van der Waals surface area contributed by atoms with Gasteiger partial charge in [0.25, 0.3) is 10.0 Å². The zero-order valence-electron chi connectivity index (χ0n) is 10.7. The van der Waals surface area contributed by atoms with Crippen LogP contribution in [0.1, 0.15) is 5.56 Å². The average Bonchev–Trinajstić information content (AvgIpc) is 2.41. The van der Waals surface area contributed by atoms with E-state index in [1.54, 1.807) is 48.5 Å². The number of para-hydroxylation sites is 1. The quantitative estimate of drug-likeness (QED) is 0.856. The molecule has 0 aromatic heterocycles. The molecule has 2 rings (SSSR count). The summed E-state index contributed by atoms with van der Waals surface area (Å²) in [5, 5.41) is 0. The van der Waals surface area contributed by atoms with E-state index < -0.39 is 10.0 Å². The normalized spacial score (nSPS) is 11.0. The van der Waals surface area contributed by atoms with Crippen LogP contribution in [0.5, 0.6) is 0 Å². The molecule has 98 valence electrons. The molecule has 0 amide bonds. The van der Waals surface area contributed by atoms with Crippen LogP contribution in [0.25, 0.3) is 0 Å². The van der Waals surface area contributed by atoms with Gasteiger partial charge in [-0.25, -0.2) is 12.7 Å². The maximum absolute atomic E-state index is 12.5. The van der Waals surface area contributed by atoms with E-state index in [0.717, 1.165) is 5.56 Å². The SMILES string of the molecule is C=CN(c1ccccc1)S(=O)(=O)c1ccc(C)cc1. The molecular formula is C15H15NO2S. The second-order valence-corrected chi connectivity index (χ2v) is 5.95. The molecule has 0 N–H and O–H groups in total. The Morgan fingerprint density at radius 1 is 1.00 bits per heavy atom. The molecule has 0 bridgehead atoms. The number of nitrogens with zero attached hydrogens (tertiary/aromatic N) is 1. The fourth-order valence-electron chi connectivity index (χ4n) is 1.74. The standard InChI is InChI=1S/C15H15NO2S/c1-3-16(14-7-5-4-6-8-14)19(17,18)15-11-9-13(2)10-12-15/h3-12H,1H2,2H3. The van der Waals surface area contributed by atoms with Gasteiger partial charge in [-0.05, 0) is 31.2 Å². The lowest BCUT2D eigenvalue weighted by molar-refractivity contribution is 0.596. The van der Waals surface area contributed by atoms with E-state index >= 15 is 0 Å². The molecule has 4 heteroatoms. The van der Waals surface area contributed by atoms with Crippen LogP contribution in [0.3, 0.4) is 0 Å². The monoisotopic (exact) mass is 273 g/mol. The maximum atomic E-state index is 12.5. The van der Waals surface area contributed by atoms with E-state index in [1.807, 2.05) is 13.0 Å². The topological polar surface area (TPSA) is 37.4 Å². The molecule has 2 aromatic carbocycles. The van der Waals surface area contributed by atoms with Crippen LogP contribution in [0.4, 0.5) is 5.69 Å². The molecule has 0 fully saturated rings. The second-order valence-electron chi connectivity index (χ2n) is 4.13. The summed E-state index contributed by atoms with van der Waals surface area (Å²) in [7, 11) is -3.61. The molecule has 0 saturated heterocycles. The predicted octanol–water partition coefficient (Wildman–Crippen LogP) is 3.33. The van der Waals surface area contributed by atoms with Crippen molar-refractivity contribution in [3.8, 4) is 0 Å². The first-order chi connectivity index (χ1) is 9.05. The first kappa shape index (κ1) is 13.4. The van der Waals surface area contributed by atoms with Gasteiger partial charge in [-0.2, -0.15) is 0 Å². The summed E-state index contributed by atoms with van der Waals surface area (Å²) in [6, 6.07) is 15.6. The van der Waals surface area contributed by atoms with Crippen molar-refractivity contribution in [2.75, 3.05) is 4.31 Å². The molecule has 0 atom stereocenters. The summed E-state index contributed by atoms with van der Waals surface area (Å²) in [4.78, 5) is 0.252. The molecule has 0 aliphatic rings. The minimum atomic E-state index is -3.61. The molecule has 0 aliphatic heterocycles. The Balaban J connectivity index is 2.48. The minimum absolute atomic E-state index is 0.252. The summed E-state index contributed by atoms with van der Waals surface area (Å²) in [5.74, 6) is 0. The number of rotatable bonds is 4. The van der Waals surface area contributed by atoms with E-state index in [4.69, 9.17) is 0 Å². The average molecular weight is 273 g/mol. The first-order valence-electron chi connectivity index (χ1n) is 5.84. The lowest BCUT2D eigenvalue weighted by Crippen LogP contribution is -2.25. The summed E-state index contributed by atoms with van der Waals surface area (Å²) in [5.41, 5.74) is 1.59. The maximum Gasteiger partial charge on any atom is 0.268 e. The number of anilines is 1. The summed E-state index contributed by atoms with van der Waals surface area (Å²) in [6.07, 6.45) is 1.31. The van der Waals surface area contributed by atoms with Gasteiger partial charge in [0.1, 0.15) is 0 Å². The Morgan fingerprint density at radius 3 is 2.11 bits per heavy atom. The van der Waals surface area contributed by atoms with E-state index in [-0.39, 0.29) is 4.90 Å². The highest BCUT2D eigenvalue weighted by Gasteiger charge is 2.22. The highest BCUT2D eigenvalue weighted by atomic mass is 32.2. The molecule has 0 spiro atoms. The van der Waals surface area contributed by atoms with E-state index in [1.165, 1.54) is 10.5 Å². The zero-order chi connectivity index (χ0) is 13.9. The van der Waals surface area contributed by atoms with Gasteiger partial charge < -0.3 is 0 Å². The number of sulfonamides is 1. The molecule has 0 radical (unpaired) electrons. The van der Waals surface area contributed by atoms with Gasteiger partial charge in [0.05, 0.1) is 10.6 Å². The van der Waals surface area contributed by atoms with Crippen molar-refractivity contribution in [2.45, 2.75) is 11.8 Å². The minimum Gasteiger partial charge on any atom is -0.242 e. The molecule has 0 unspecified atom stereocenters. The molecule has 19 heavy (non-hydrogen) atoms. The van der Waals surface area contributed by atoms with Crippen molar-refractivity contribution < 1.29 is 8.42 Å². The summed E-state index contributed by atoms with van der Waals surface area (Å²) >= 11 is 0. The van der Waals surface area contributed by atoms with Crippen molar-refractivity contribution in [1.82, 2.24) is 0 Å². The van der Waals surface area contributed by atoms with Crippen molar-refractivity contribution in [2.24, 2.45) is 0 Å². The largest absolute Gasteiger partial charge is 0.268 e. The number of hydrogen-bond acceptors (Lipinski definition) is 2. The van der Waals surface area contributed by atoms with Crippen molar-refractivity contribution in [3.05, 3.63) is 72.9 Å². The third kappa shape index (κ3) is 2.69. The zero-order valence-corrected chi connectivity index (χ0v) is 11.5. The molecule has 2 aromatic rings. The van der Waals surface area contributed by atoms with Gasteiger partial charge in [-0.1, -0.05) is 42.5 Å². The molecule has 0 aliphatic carbocycles. The van der Waals surface area contributed by atoms with Crippen LogP contribution in [0.2, 0.25) is 0 Å². The highest BCUT2D eigenvalue weighted by molar-refractivity contribution is 7.93. The molecule has 3 nitrogen and oxygen atoms in total. The van der Waals surface area contributed by atoms with Gasteiger partial charge in [0.2, 0.25) is 0 Å². The molecular weight excluding hydrogens is 258 g/mol. The molecule has 0 saturated carbocycles. The highest BCUT2D eigenvalue weighted by Crippen LogP contribution is 2.23. The Kier molecular flexibility index (Phi) is 3.71. The first-order valence-corrected chi connectivity index (χ1v) is 7.28. The summed E-state index contributed by atoms with van der Waals surface area (Å²) < 4.78 is 26.2. The summed E-state index contributed by atoms with van der Waals surface area (Å²) in [6.45, 7) is 5.51. The van der Waals surface area contributed by atoms with Crippen molar-refractivity contribution in [3.63, 3.8) is 0 Å². The smallest absolute Gasteiger partial charge is 0.242 e. The van der Waals surface area contributed by atoms with Gasteiger partial charge in [-0.3, -0.25) is 0 Å². The molecule has 0 heterocycles. The number of benzene rings is 2. The van der Waals surface area contributed by atoms with Crippen LogP contribution in [-0.4, -0.2) is 8.42 Å². The third-order valence-electron chi connectivity index (χ3n) is 2.75. The lowest BCUT2D eigenvalue weighted by Gasteiger charge is -2.20. The second kappa shape index (κ2) is 5.28. The van der Waals surface area contributed by atoms with Crippen LogP contribution >= 0.6 is 0 Å². The van der Waals surface area contributed by atoms with Crippen LogP contribution in [0.15, 0.2) is 72.3 Å². The van der Waals surface area contributed by atoms with Crippen LogP contribution in [-0.2, 0) is 10.0 Å². The predicted molar refractivity (Wildman–Crippen MR) is 77.5 cm³/mol. The van der Waals surface area contributed by atoms with Crippen LogP contribution < -0.4 is 4.31 Å². The fraction of sp³-hybridized carbons (Fsp3) is 0.0667. The Bertz CT molecular complexity index is 661. The fourth-order valence-corrected chi connectivity index (χ4v) is 3.04. The Hall–Kier alpha value is -2.07. The van der Waals surface area contributed by atoms with Crippen LogP contribution in [0, 0.1) is 6.92 Å². The van der Waals surface area contributed by atoms with E-state index in [9.17, 15) is 8.42 Å². The van der Waals surface area contributed by atoms with Gasteiger partial charge in [0, 0.05) is 6.20 Å². The third-order valence-corrected chi connectivity index (χ3v) is 4.50. The van der Waals surface area contributed by atoms with Crippen molar-refractivity contribution in [1.29, 1.82) is 0 Å². The van der Waals surface area contributed by atoms with Crippen molar-refractivity contribution >= 4 is 15.7 Å². The van der Waals surface area contributed by atoms with Gasteiger partial charge in [0.15, 0.2) is 0 Å². The van der Waals surface area contributed by atoms with Gasteiger partial charge >= 0.3 is 0 Å². The Labute approximate surface area is 113 Å². The number of aryl methyl sites for hydroxylation is 1.